The molecule has 0 unspecified atom stereocenters. The van der Waals surface area contributed by atoms with Crippen LogP contribution in [0.5, 0.6) is 0 Å². The number of hydrogen-bond acceptors (Lipinski definition) is 4. The van der Waals surface area contributed by atoms with E-state index in [4.69, 9.17) is 4.42 Å². The maximum absolute atomic E-state index is 5.55. The highest BCUT2D eigenvalue weighted by molar-refractivity contribution is 5.74. The monoisotopic (exact) mass is 225 g/mol. The van der Waals surface area contributed by atoms with Crippen molar-refractivity contribution in [3.8, 4) is 0 Å². The maximum Gasteiger partial charge on any atom is 0.295 e. The van der Waals surface area contributed by atoms with E-state index in [1.165, 1.54) is 0 Å². The fourth-order valence-electron chi connectivity index (χ4n) is 1.63. The van der Waals surface area contributed by atoms with Crippen LogP contribution in [-0.2, 0) is 6.54 Å². The predicted molar refractivity (Wildman–Crippen MR) is 65.6 cm³/mol. The lowest BCUT2D eigenvalue weighted by atomic mass is 10.3. The molecule has 0 spiro atoms. The second-order valence-corrected chi connectivity index (χ2v) is 3.70. The fraction of sp³-hybridized carbons (Fsp3) is 0.0769. The van der Waals surface area contributed by atoms with Crippen molar-refractivity contribution in [3.63, 3.8) is 0 Å². The number of anilines is 1. The summed E-state index contributed by atoms with van der Waals surface area (Å²) in [5.41, 5.74) is 2.75. The van der Waals surface area contributed by atoms with Gasteiger partial charge in [-0.05, 0) is 23.8 Å². The van der Waals surface area contributed by atoms with Gasteiger partial charge >= 0.3 is 0 Å². The van der Waals surface area contributed by atoms with E-state index in [0.29, 0.717) is 12.6 Å². The van der Waals surface area contributed by atoms with Crippen molar-refractivity contribution < 1.29 is 4.42 Å². The Morgan fingerprint density at radius 2 is 2.06 bits per heavy atom. The third-order valence-electron chi connectivity index (χ3n) is 2.46. The normalized spacial score (nSPS) is 10.6. The molecule has 3 rings (SSSR count). The van der Waals surface area contributed by atoms with E-state index in [9.17, 15) is 0 Å². The minimum absolute atomic E-state index is 0.537. The number of para-hydroxylation sites is 2. The highest BCUT2D eigenvalue weighted by Crippen LogP contribution is 2.18. The summed E-state index contributed by atoms with van der Waals surface area (Å²) in [4.78, 5) is 8.38. The van der Waals surface area contributed by atoms with Gasteiger partial charge in [0.25, 0.3) is 6.01 Å². The molecule has 0 atom stereocenters. The standard InChI is InChI=1S/C13H11N3O/c1-2-6-12-11(5-1)16-13(17-12)15-9-10-4-3-7-14-8-10/h1-8H,9H2,(H,15,16). The Bertz CT molecular complexity index is 586. The van der Waals surface area contributed by atoms with Gasteiger partial charge in [-0.1, -0.05) is 18.2 Å². The molecule has 4 heteroatoms. The Morgan fingerprint density at radius 3 is 2.88 bits per heavy atom. The molecule has 0 aliphatic heterocycles. The Morgan fingerprint density at radius 1 is 1.12 bits per heavy atom. The quantitative estimate of drug-likeness (QED) is 0.744. The summed E-state index contributed by atoms with van der Waals surface area (Å²) in [5, 5.41) is 3.13. The molecule has 2 heterocycles. The lowest BCUT2D eigenvalue weighted by Gasteiger charge is -2.00. The number of nitrogens with zero attached hydrogens (tertiary/aromatic N) is 2. The minimum atomic E-state index is 0.537. The summed E-state index contributed by atoms with van der Waals surface area (Å²) in [6.07, 6.45) is 3.57. The highest BCUT2D eigenvalue weighted by atomic mass is 16.4. The number of oxazole rings is 1. The Hall–Kier alpha value is -2.36. The third-order valence-corrected chi connectivity index (χ3v) is 2.46. The molecular weight excluding hydrogens is 214 g/mol. The van der Waals surface area contributed by atoms with Crippen LogP contribution in [0, 0.1) is 0 Å². The smallest absolute Gasteiger partial charge is 0.295 e. The van der Waals surface area contributed by atoms with Crippen LogP contribution in [0.2, 0.25) is 0 Å². The van der Waals surface area contributed by atoms with Crippen LogP contribution in [0.15, 0.2) is 53.2 Å². The zero-order valence-electron chi connectivity index (χ0n) is 9.13. The van der Waals surface area contributed by atoms with E-state index < -0.39 is 0 Å². The van der Waals surface area contributed by atoms with Gasteiger partial charge in [0.05, 0.1) is 0 Å². The van der Waals surface area contributed by atoms with Crippen LogP contribution in [0.1, 0.15) is 5.56 Å². The van der Waals surface area contributed by atoms with Crippen molar-refractivity contribution in [2.45, 2.75) is 6.54 Å². The summed E-state index contributed by atoms with van der Waals surface area (Å²) in [7, 11) is 0. The molecule has 0 bridgehead atoms. The Labute approximate surface area is 98.3 Å². The van der Waals surface area contributed by atoms with Crippen LogP contribution in [-0.4, -0.2) is 9.97 Å². The molecule has 17 heavy (non-hydrogen) atoms. The van der Waals surface area contributed by atoms with Gasteiger partial charge in [-0.2, -0.15) is 4.98 Å². The predicted octanol–water partition coefficient (Wildman–Crippen LogP) is 2.83. The molecule has 84 valence electrons. The average Bonchev–Trinajstić information content (AvgIpc) is 2.80. The summed E-state index contributed by atoms with van der Waals surface area (Å²) in [5.74, 6) is 0. The summed E-state index contributed by atoms with van der Waals surface area (Å²) in [6, 6.07) is 12.1. The van der Waals surface area contributed by atoms with Crippen molar-refractivity contribution in [1.29, 1.82) is 0 Å². The Kier molecular flexibility index (Phi) is 2.46. The van der Waals surface area contributed by atoms with Gasteiger partial charge in [0.15, 0.2) is 5.58 Å². The second-order valence-electron chi connectivity index (χ2n) is 3.70. The third kappa shape index (κ3) is 2.10. The first-order valence-corrected chi connectivity index (χ1v) is 5.40. The first-order chi connectivity index (χ1) is 8.42. The van der Waals surface area contributed by atoms with Gasteiger partial charge in [-0.15, -0.1) is 0 Å². The maximum atomic E-state index is 5.55. The van der Waals surface area contributed by atoms with Crippen LogP contribution < -0.4 is 5.32 Å². The largest absolute Gasteiger partial charge is 0.424 e. The van der Waals surface area contributed by atoms with Gasteiger partial charge in [-0.3, -0.25) is 4.98 Å². The van der Waals surface area contributed by atoms with Crippen LogP contribution >= 0.6 is 0 Å². The van der Waals surface area contributed by atoms with E-state index in [1.807, 2.05) is 42.6 Å². The van der Waals surface area contributed by atoms with Gasteiger partial charge in [-0.25, -0.2) is 0 Å². The summed E-state index contributed by atoms with van der Waals surface area (Å²) < 4.78 is 5.55. The van der Waals surface area contributed by atoms with E-state index in [2.05, 4.69) is 15.3 Å². The van der Waals surface area contributed by atoms with Crippen LogP contribution in [0.3, 0.4) is 0 Å². The highest BCUT2D eigenvalue weighted by Gasteiger charge is 2.03. The van der Waals surface area contributed by atoms with Crippen molar-refractivity contribution in [3.05, 3.63) is 54.4 Å². The SMILES string of the molecule is c1cncc(CNc2nc3ccccc3o2)c1. The van der Waals surface area contributed by atoms with Crippen molar-refractivity contribution in [2.75, 3.05) is 5.32 Å². The molecule has 0 radical (unpaired) electrons. The average molecular weight is 225 g/mol. The van der Waals surface area contributed by atoms with E-state index in [-0.39, 0.29) is 0 Å². The number of fused-ring (bicyclic) bond motifs is 1. The number of nitrogens with one attached hydrogen (secondary N) is 1. The van der Waals surface area contributed by atoms with Gasteiger partial charge in [0.1, 0.15) is 5.52 Å². The van der Waals surface area contributed by atoms with Gasteiger partial charge in [0.2, 0.25) is 0 Å². The number of aromatic nitrogens is 2. The van der Waals surface area contributed by atoms with Gasteiger partial charge < -0.3 is 9.73 Å². The molecule has 0 saturated heterocycles. The van der Waals surface area contributed by atoms with Crippen molar-refractivity contribution in [2.24, 2.45) is 0 Å². The summed E-state index contributed by atoms with van der Waals surface area (Å²) in [6.45, 7) is 0.653. The second kappa shape index (κ2) is 4.25. The fourth-order valence-corrected chi connectivity index (χ4v) is 1.63. The molecule has 4 nitrogen and oxygen atoms in total. The lowest BCUT2D eigenvalue weighted by Crippen LogP contribution is -1.99. The lowest BCUT2D eigenvalue weighted by molar-refractivity contribution is 0.614. The van der Waals surface area contributed by atoms with Crippen LogP contribution in [0.4, 0.5) is 6.01 Å². The zero-order valence-corrected chi connectivity index (χ0v) is 9.13. The van der Waals surface area contributed by atoms with E-state index >= 15 is 0 Å². The topological polar surface area (TPSA) is 51.0 Å². The zero-order chi connectivity index (χ0) is 11.5. The molecule has 0 aliphatic carbocycles. The van der Waals surface area contributed by atoms with Crippen LogP contribution in [0.25, 0.3) is 11.1 Å². The molecule has 3 aromatic rings. The first kappa shape index (κ1) is 9.84. The molecule has 0 aliphatic rings. The Balaban J connectivity index is 1.77. The van der Waals surface area contributed by atoms with Gasteiger partial charge in [0, 0.05) is 18.9 Å². The van der Waals surface area contributed by atoms with E-state index in [1.54, 1.807) is 6.20 Å². The molecule has 1 N–H and O–H groups in total. The van der Waals surface area contributed by atoms with Crippen molar-refractivity contribution >= 4 is 17.1 Å². The van der Waals surface area contributed by atoms with E-state index in [0.717, 1.165) is 16.7 Å². The summed E-state index contributed by atoms with van der Waals surface area (Å²) >= 11 is 0. The minimum Gasteiger partial charge on any atom is -0.424 e. The molecule has 2 aromatic heterocycles. The molecular formula is C13H11N3O. The first-order valence-electron chi connectivity index (χ1n) is 5.40. The molecule has 0 amide bonds. The number of rotatable bonds is 3. The number of pyridine rings is 1. The molecule has 0 saturated carbocycles. The van der Waals surface area contributed by atoms with Crippen molar-refractivity contribution in [1.82, 2.24) is 9.97 Å². The molecule has 0 fully saturated rings. The number of hydrogen-bond donors (Lipinski definition) is 1. The molecule has 1 aromatic carbocycles. The number of benzene rings is 1.